The molecule has 14 nitrogen and oxygen atoms in total. The topological polar surface area (TPSA) is 214 Å². The molecule has 0 amide bonds. The summed E-state index contributed by atoms with van der Waals surface area (Å²) in [6.07, 6.45) is 54.2. The van der Waals surface area contributed by atoms with Crippen LogP contribution in [0.2, 0.25) is 0 Å². The lowest BCUT2D eigenvalue weighted by Gasteiger charge is -2.42. The van der Waals surface area contributed by atoms with Gasteiger partial charge < -0.3 is 64.2 Å². The van der Waals surface area contributed by atoms with E-state index in [4.69, 9.17) is 28.4 Å². The van der Waals surface area contributed by atoms with E-state index in [1.807, 2.05) is 12.2 Å². The summed E-state index contributed by atoms with van der Waals surface area (Å²) < 4.78 is 34.3. The van der Waals surface area contributed by atoms with E-state index in [-0.39, 0.29) is 19.6 Å². The van der Waals surface area contributed by atoms with E-state index < -0.39 is 86.7 Å². The summed E-state index contributed by atoms with van der Waals surface area (Å²) in [5.74, 6) is -0.461. The molecule has 0 bridgehead atoms. The van der Waals surface area contributed by atoms with Gasteiger partial charge in [-0.2, -0.15) is 0 Å². The number of hydrogen-bond acceptors (Lipinski definition) is 14. The summed E-state index contributed by atoms with van der Waals surface area (Å²) in [5.41, 5.74) is 0. The largest absolute Gasteiger partial charge is 0.457 e. The maximum atomic E-state index is 13.0. The molecule has 2 rings (SSSR count). The molecule has 0 aromatic carbocycles. The number of carbonyl (C=O) groups is 1. The second-order valence-corrected chi connectivity index (χ2v) is 20.4. The Bertz CT molecular complexity index is 1770. The first-order valence-electron chi connectivity index (χ1n) is 30.1. The van der Waals surface area contributed by atoms with Crippen molar-refractivity contribution in [3.8, 4) is 0 Å². The van der Waals surface area contributed by atoms with Crippen LogP contribution in [-0.4, -0.2) is 142 Å². The predicted octanol–water partition coefficient (Wildman–Crippen LogP) is 11.3. The fourth-order valence-corrected chi connectivity index (χ4v) is 8.71. The molecular formula is C65H106O14. The van der Waals surface area contributed by atoms with Crippen molar-refractivity contribution >= 4 is 5.97 Å². The van der Waals surface area contributed by atoms with Crippen LogP contribution in [0.1, 0.15) is 181 Å². The molecule has 7 N–H and O–H groups in total. The SMILES string of the molecule is CC/C=C\C/C=C\C/C=C\C/C=C\C/C=C\C/C=C\CCC(=O)OC(COCCCCCCCCCCCCCCC/C=C\C/C=C\C/C=C\C/C=C\CC)COC1OC(COC2OC(CO)C(O)C(O)C2O)C(O)C(O)C1O. The lowest BCUT2D eigenvalue weighted by molar-refractivity contribution is -0.332. The minimum Gasteiger partial charge on any atom is -0.457 e. The smallest absolute Gasteiger partial charge is 0.306 e. The van der Waals surface area contributed by atoms with Gasteiger partial charge in [0.2, 0.25) is 0 Å². The Balaban J connectivity index is 1.72. The Morgan fingerprint density at radius 2 is 0.785 bits per heavy atom. The molecule has 0 aromatic heterocycles. The van der Waals surface area contributed by atoms with Gasteiger partial charge in [0.25, 0.3) is 0 Å². The number of hydrogen-bond donors (Lipinski definition) is 7. The van der Waals surface area contributed by atoms with Crippen LogP contribution in [0.4, 0.5) is 0 Å². The highest BCUT2D eigenvalue weighted by Crippen LogP contribution is 2.26. The Morgan fingerprint density at radius 1 is 0.418 bits per heavy atom. The molecule has 0 saturated carbocycles. The number of ether oxygens (including phenoxy) is 6. The van der Waals surface area contributed by atoms with E-state index in [0.29, 0.717) is 13.0 Å². The first-order valence-corrected chi connectivity index (χ1v) is 30.1. The maximum absolute atomic E-state index is 13.0. The summed E-state index contributed by atoms with van der Waals surface area (Å²) >= 11 is 0. The van der Waals surface area contributed by atoms with Crippen LogP contribution in [0, 0.1) is 0 Å². The van der Waals surface area contributed by atoms with Gasteiger partial charge in [-0.15, -0.1) is 0 Å². The van der Waals surface area contributed by atoms with Crippen LogP contribution >= 0.6 is 0 Å². The molecule has 2 heterocycles. The minimum atomic E-state index is -1.73. The number of unbranched alkanes of at least 4 members (excludes halogenated alkanes) is 13. The quantitative estimate of drug-likeness (QED) is 0.0172. The molecule has 79 heavy (non-hydrogen) atoms. The van der Waals surface area contributed by atoms with Crippen molar-refractivity contribution < 1.29 is 69.0 Å². The second-order valence-electron chi connectivity index (χ2n) is 20.4. The molecule has 11 atom stereocenters. The van der Waals surface area contributed by atoms with Gasteiger partial charge in [-0.3, -0.25) is 4.79 Å². The van der Waals surface area contributed by atoms with Crippen molar-refractivity contribution in [3.63, 3.8) is 0 Å². The molecule has 0 aromatic rings. The van der Waals surface area contributed by atoms with Gasteiger partial charge >= 0.3 is 5.97 Å². The summed E-state index contributed by atoms with van der Waals surface area (Å²) in [5, 5.41) is 72.4. The van der Waals surface area contributed by atoms with Crippen LogP contribution in [0.5, 0.6) is 0 Å². The number of aliphatic hydroxyl groups is 7. The average molecular weight is 1110 g/mol. The van der Waals surface area contributed by atoms with Crippen molar-refractivity contribution in [2.45, 2.75) is 248 Å². The number of esters is 1. The van der Waals surface area contributed by atoms with E-state index in [2.05, 4.69) is 123 Å². The Morgan fingerprint density at radius 3 is 1.23 bits per heavy atom. The van der Waals surface area contributed by atoms with Gasteiger partial charge in [0.1, 0.15) is 54.9 Å². The highest BCUT2D eigenvalue weighted by Gasteiger charge is 2.47. The molecule has 0 aliphatic carbocycles. The standard InChI is InChI=1S/C65H106O14/c1-3-5-7-9-11-13-15-17-19-21-23-24-25-26-27-28-29-31-33-35-37-39-41-43-45-47-49-74-51-54(77-57(67)48-46-44-42-40-38-36-34-32-30-22-20-18-16-14-12-10-8-6-4-2)52-75-64-63(73)61(71)59(69)56(79-64)53-76-65-62(72)60(70)58(68)55(50-66)78-65/h5-8,11-14,17-20,23-24,30,32,36,38,42,44,54-56,58-66,68-73H,3-4,9-10,15-16,21-22,25-29,31,33-35,37,39-41,43,45-53H2,1-2H3/b7-5-,8-6-,13-11-,14-12-,19-17-,20-18-,24-23-,32-30-,38-36-,44-42-. The van der Waals surface area contributed by atoms with E-state index in [9.17, 15) is 40.5 Å². The Hall–Kier alpha value is -3.61. The monoisotopic (exact) mass is 1110 g/mol. The van der Waals surface area contributed by atoms with Gasteiger partial charge in [0.15, 0.2) is 12.6 Å². The summed E-state index contributed by atoms with van der Waals surface area (Å²) in [4.78, 5) is 13.0. The van der Waals surface area contributed by atoms with E-state index >= 15 is 0 Å². The molecule has 450 valence electrons. The van der Waals surface area contributed by atoms with Crippen LogP contribution < -0.4 is 0 Å². The minimum absolute atomic E-state index is 0.0224. The Labute approximate surface area is 476 Å². The van der Waals surface area contributed by atoms with Gasteiger partial charge in [-0.1, -0.05) is 206 Å². The van der Waals surface area contributed by atoms with E-state index in [1.165, 1.54) is 70.6 Å². The molecule has 0 spiro atoms. The van der Waals surface area contributed by atoms with E-state index in [0.717, 1.165) is 83.5 Å². The first kappa shape index (κ1) is 71.5. The molecular weight excluding hydrogens is 1000 g/mol. The predicted molar refractivity (Wildman–Crippen MR) is 316 cm³/mol. The zero-order valence-electron chi connectivity index (χ0n) is 48.3. The number of rotatable bonds is 47. The van der Waals surface area contributed by atoms with Crippen LogP contribution in [0.25, 0.3) is 0 Å². The summed E-state index contributed by atoms with van der Waals surface area (Å²) in [7, 11) is 0. The maximum Gasteiger partial charge on any atom is 0.306 e. The third-order valence-corrected chi connectivity index (χ3v) is 13.5. The summed E-state index contributed by atoms with van der Waals surface area (Å²) in [6.45, 7) is 3.35. The lowest BCUT2D eigenvalue weighted by Crippen LogP contribution is -2.61. The third kappa shape index (κ3) is 36.5. The number of carbonyl (C=O) groups excluding carboxylic acids is 1. The molecule has 2 aliphatic heterocycles. The van der Waals surface area contributed by atoms with E-state index in [1.54, 1.807) is 0 Å². The second kappa shape index (κ2) is 50.1. The highest BCUT2D eigenvalue weighted by molar-refractivity contribution is 5.69. The zero-order chi connectivity index (χ0) is 57.2. The van der Waals surface area contributed by atoms with Crippen LogP contribution in [0.3, 0.4) is 0 Å². The average Bonchev–Trinajstić information content (AvgIpc) is 3.46. The normalized spacial score (nSPS) is 24.9. The molecule has 14 heteroatoms. The molecule has 2 saturated heterocycles. The molecule has 0 radical (unpaired) electrons. The van der Waals surface area contributed by atoms with Gasteiger partial charge in [-0.25, -0.2) is 0 Å². The van der Waals surface area contributed by atoms with Gasteiger partial charge in [0, 0.05) is 13.0 Å². The third-order valence-electron chi connectivity index (χ3n) is 13.5. The fourth-order valence-electron chi connectivity index (χ4n) is 8.71. The zero-order valence-corrected chi connectivity index (χ0v) is 48.3. The van der Waals surface area contributed by atoms with Crippen molar-refractivity contribution in [1.29, 1.82) is 0 Å². The number of allylic oxidation sites excluding steroid dienone is 20. The molecule has 11 unspecified atom stereocenters. The lowest BCUT2D eigenvalue weighted by atomic mass is 9.98. The van der Waals surface area contributed by atoms with Crippen LogP contribution in [0.15, 0.2) is 122 Å². The van der Waals surface area contributed by atoms with Crippen molar-refractivity contribution in [2.75, 3.05) is 33.0 Å². The van der Waals surface area contributed by atoms with Gasteiger partial charge in [0.05, 0.1) is 26.4 Å². The van der Waals surface area contributed by atoms with Crippen molar-refractivity contribution in [2.24, 2.45) is 0 Å². The van der Waals surface area contributed by atoms with Gasteiger partial charge in [-0.05, 0) is 89.9 Å². The number of aliphatic hydroxyl groups excluding tert-OH is 7. The fraction of sp³-hybridized carbons (Fsp3) is 0.677. The van der Waals surface area contributed by atoms with Crippen molar-refractivity contribution in [1.82, 2.24) is 0 Å². The molecule has 2 aliphatic rings. The summed E-state index contributed by atoms with van der Waals surface area (Å²) in [6, 6.07) is 0. The van der Waals surface area contributed by atoms with Crippen molar-refractivity contribution in [3.05, 3.63) is 122 Å². The molecule has 2 fully saturated rings. The first-order chi connectivity index (χ1) is 38.6. The Kier molecular flexibility index (Phi) is 45.4. The van der Waals surface area contributed by atoms with Crippen LogP contribution in [-0.2, 0) is 33.2 Å². The highest BCUT2D eigenvalue weighted by atomic mass is 16.7.